The average molecular weight is 221 g/mol. The summed E-state index contributed by atoms with van der Waals surface area (Å²) in [6, 6.07) is -0.246. The molecule has 1 atom stereocenters. The molecule has 0 aromatic carbocycles. The van der Waals surface area contributed by atoms with Crippen molar-refractivity contribution in [3.63, 3.8) is 0 Å². The Labute approximate surface area is 91.2 Å². The predicted octanol–water partition coefficient (Wildman–Crippen LogP) is 0.592. The second-order valence-corrected chi connectivity index (χ2v) is 3.36. The lowest BCUT2D eigenvalue weighted by Crippen LogP contribution is -2.27. The smallest absolute Gasteiger partial charge is 0.257 e. The molecule has 0 bridgehead atoms. The number of aromatic nitrogens is 4. The highest BCUT2D eigenvalue weighted by Crippen LogP contribution is 2.09. The standard InChI is InChI=1S/C9H11N5O2/c1-5(8-10-4-11-14-8)13-9(15)7-3-12-16-6(7)2/h3-5H,1-2H3,(H,13,15)(H,10,11,14). The van der Waals surface area contributed by atoms with Gasteiger partial charge in [-0.15, -0.1) is 0 Å². The number of hydrogen-bond acceptors (Lipinski definition) is 5. The van der Waals surface area contributed by atoms with Gasteiger partial charge in [0, 0.05) is 0 Å². The molecule has 0 aliphatic carbocycles. The Kier molecular flexibility index (Phi) is 2.67. The van der Waals surface area contributed by atoms with E-state index in [0.717, 1.165) is 0 Å². The predicted molar refractivity (Wildman–Crippen MR) is 53.5 cm³/mol. The van der Waals surface area contributed by atoms with Crippen LogP contribution in [0.3, 0.4) is 0 Å². The molecule has 84 valence electrons. The molecule has 0 saturated carbocycles. The quantitative estimate of drug-likeness (QED) is 0.790. The number of amides is 1. The van der Waals surface area contributed by atoms with E-state index in [1.165, 1.54) is 12.5 Å². The number of aryl methyl sites for hydroxylation is 1. The molecule has 0 spiro atoms. The summed E-state index contributed by atoms with van der Waals surface area (Å²) in [5.41, 5.74) is 0.423. The summed E-state index contributed by atoms with van der Waals surface area (Å²) in [6.07, 6.45) is 2.78. The summed E-state index contributed by atoms with van der Waals surface area (Å²) < 4.78 is 4.81. The van der Waals surface area contributed by atoms with Gasteiger partial charge in [-0.05, 0) is 13.8 Å². The van der Waals surface area contributed by atoms with Gasteiger partial charge in [0.05, 0.1) is 12.2 Å². The monoisotopic (exact) mass is 221 g/mol. The van der Waals surface area contributed by atoms with Crippen molar-refractivity contribution in [3.8, 4) is 0 Å². The van der Waals surface area contributed by atoms with Gasteiger partial charge in [0.1, 0.15) is 23.5 Å². The van der Waals surface area contributed by atoms with Crippen LogP contribution in [0, 0.1) is 6.92 Å². The lowest BCUT2D eigenvalue weighted by Gasteiger charge is -2.09. The van der Waals surface area contributed by atoms with Crippen molar-refractivity contribution in [2.24, 2.45) is 0 Å². The van der Waals surface area contributed by atoms with E-state index >= 15 is 0 Å². The maximum atomic E-state index is 11.8. The summed E-state index contributed by atoms with van der Waals surface area (Å²) >= 11 is 0. The Morgan fingerprint density at radius 3 is 3.00 bits per heavy atom. The van der Waals surface area contributed by atoms with E-state index in [9.17, 15) is 4.79 Å². The molecule has 0 radical (unpaired) electrons. The number of H-pyrrole nitrogens is 1. The number of nitrogens with one attached hydrogen (secondary N) is 2. The Morgan fingerprint density at radius 2 is 2.44 bits per heavy atom. The fourth-order valence-electron chi connectivity index (χ4n) is 1.28. The first-order valence-electron chi connectivity index (χ1n) is 4.76. The van der Waals surface area contributed by atoms with E-state index in [-0.39, 0.29) is 11.9 Å². The second-order valence-electron chi connectivity index (χ2n) is 3.36. The summed E-state index contributed by atoms with van der Waals surface area (Å²) in [5, 5.41) is 12.7. The van der Waals surface area contributed by atoms with Gasteiger partial charge in [-0.25, -0.2) is 4.98 Å². The Bertz CT molecular complexity index is 476. The number of nitrogens with zero attached hydrogens (tertiary/aromatic N) is 3. The SMILES string of the molecule is Cc1oncc1C(=O)NC(C)c1ncn[nH]1. The van der Waals surface area contributed by atoms with Gasteiger partial charge in [-0.3, -0.25) is 9.89 Å². The third-order valence-electron chi connectivity index (χ3n) is 2.19. The van der Waals surface area contributed by atoms with Crippen molar-refractivity contribution in [3.05, 3.63) is 29.7 Å². The Balaban J connectivity index is 2.06. The van der Waals surface area contributed by atoms with E-state index in [2.05, 4.69) is 25.7 Å². The highest BCUT2D eigenvalue weighted by atomic mass is 16.5. The van der Waals surface area contributed by atoms with Crippen molar-refractivity contribution in [2.45, 2.75) is 19.9 Å². The molecule has 1 amide bonds. The van der Waals surface area contributed by atoms with E-state index in [1.807, 2.05) is 0 Å². The minimum absolute atomic E-state index is 0.246. The molecule has 0 aliphatic rings. The summed E-state index contributed by atoms with van der Waals surface area (Å²) in [5.74, 6) is 0.840. The number of carbonyl (C=O) groups is 1. The zero-order valence-electron chi connectivity index (χ0n) is 8.89. The van der Waals surface area contributed by atoms with Crippen molar-refractivity contribution >= 4 is 5.91 Å². The highest BCUT2D eigenvalue weighted by Gasteiger charge is 2.17. The van der Waals surface area contributed by atoms with Gasteiger partial charge < -0.3 is 9.84 Å². The molecule has 1 unspecified atom stereocenters. The molecule has 16 heavy (non-hydrogen) atoms. The average Bonchev–Trinajstić information content (AvgIpc) is 2.86. The van der Waals surface area contributed by atoms with Crippen molar-refractivity contribution in [1.29, 1.82) is 0 Å². The molecular formula is C9H11N5O2. The summed E-state index contributed by atoms with van der Waals surface area (Å²) in [4.78, 5) is 15.7. The Hall–Kier alpha value is -2.18. The van der Waals surface area contributed by atoms with Crippen LogP contribution >= 0.6 is 0 Å². The normalized spacial score (nSPS) is 12.4. The van der Waals surface area contributed by atoms with E-state index in [0.29, 0.717) is 17.1 Å². The van der Waals surface area contributed by atoms with Gasteiger partial charge >= 0.3 is 0 Å². The van der Waals surface area contributed by atoms with Gasteiger partial charge in [0.15, 0.2) is 0 Å². The topological polar surface area (TPSA) is 96.7 Å². The van der Waals surface area contributed by atoms with Gasteiger partial charge in [0.25, 0.3) is 5.91 Å². The lowest BCUT2D eigenvalue weighted by atomic mass is 10.2. The fourth-order valence-corrected chi connectivity index (χ4v) is 1.28. The summed E-state index contributed by atoms with van der Waals surface area (Å²) in [7, 11) is 0. The minimum atomic E-state index is -0.248. The molecule has 0 aliphatic heterocycles. The Morgan fingerprint density at radius 1 is 1.62 bits per heavy atom. The molecule has 2 rings (SSSR count). The maximum absolute atomic E-state index is 11.8. The van der Waals surface area contributed by atoms with Crippen LogP contribution < -0.4 is 5.32 Å². The third kappa shape index (κ3) is 1.92. The largest absolute Gasteiger partial charge is 0.361 e. The third-order valence-corrected chi connectivity index (χ3v) is 2.19. The lowest BCUT2D eigenvalue weighted by molar-refractivity contribution is 0.0937. The van der Waals surface area contributed by atoms with Crippen LogP contribution in [0.15, 0.2) is 17.0 Å². The van der Waals surface area contributed by atoms with Crippen LogP contribution in [-0.2, 0) is 0 Å². The van der Waals surface area contributed by atoms with Crippen LogP contribution in [0.1, 0.15) is 34.9 Å². The molecule has 0 saturated heterocycles. The molecule has 2 N–H and O–H groups in total. The summed E-state index contributed by atoms with van der Waals surface area (Å²) in [6.45, 7) is 3.49. The minimum Gasteiger partial charge on any atom is -0.361 e. The van der Waals surface area contributed by atoms with Crippen molar-refractivity contribution < 1.29 is 9.32 Å². The van der Waals surface area contributed by atoms with Gasteiger partial charge in [0.2, 0.25) is 0 Å². The van der Waals surface area contributed by atoms with Crippen LogP contribution in [0.2, 0.25) is 0 Å². The molecule has 7 heteroatoms. The first-order valence-corrected chi connectivity index (χ1v) is 4.76. The van der Waals surface area contributed by atoms with Crippen LogP contribution in [-0.4, -0.2) is 26.2 Å². The van der Waals surface area contributed by atoms with Crippen molar-refractivity contribution in [1.82, 2.24) is 25.7 Å². The number of aromatic amines is 1. The molecular weight excluding hydrogens is 210 g/mol. The number of rotatable bonds is 3. The first-order chi connectivity index (χ1) is 7.68. The molecule has 2 aromatic rings. The zero-order valence-corrected chi connectivity index (χ0v) is 8.89. The van der Waals surface area contributed by atoms with E-state index in [4.69, 9.17) is 4.52 Å². The van der Waals surface area contributed by atoms with E-state index < -0.39 is 0 Å². The number of hydrogen-bond donors (Lipinski definition) is 2. The molecule has 7 nitrogen and oxygen atoms in total. The van der Waals surface area contributed by atoms with E-state index in [1.54, 1.807) is 13.8 Å². The van der Waals surface area contributed by atoms with Crippen LogP contribution in [0.5, 0.6) is 0 Å². The zero-order chi connectivity index (χ0) is 11.5. The van der Waals surface area contributed by atoms with Gasteiger partial charge in [-0.2, -0.15) is 5.10 Å². The van der Waals surface area contributed by atoms with Gasteiger partial charge in [-0.1, -0.05) is 5.16 Å². The first kappa shape index (κ1) is 10.3. The van der Waals surface area contributed by atoms with Crippen LogP contribution in [0.4, 0.5) is 0 Å². The molecule has 2 heterocycles. The van der Waals surface area contributed by atoms with Crippen LogP contribution in [0.25, 0.3) is 0 Å². The fraction of sp³-hybridized carbons (Fsp3) is 0.333. The maximum Gasteiger partial charge on any atom is 0.257 e. The molecule has 0 fully saturated rings. The number of carbonyl (C=O) groups excluding carboxylic acids is 1. The second kappa shape index (κ2) is 4.13. The molecule has 2 aromatic heterocycles. The highest BCUT2D eigenvalue weighted by molar-refractivity contribution is 5.94. The van der Waals surface area contributed by atoms with Crippen molar-refractivity contribution in [2.75, 3.05) is 0 Å².